The molecule has 1 aromatic heterocycles. The van der Waals surface area contributed by atoms with Crippen molar-refractivity contribution < 1.29 is 4.74 Å². The molecule has 2 aromatic rings. The lowest BCUT2D eigenvalue weighted by molar-refractivity contribution is 0.247. The van der Waals surface area contributed by atoms with Crippen LogP contribution in [0, 0.1) is 6.92 Å². The van der Waals surface area contributed by atoms with Crippen LogP contribution in [0.3, 0.4) is 0 Å². The van der Waals surface area contributed by atoms with Crippen LogP contribution in [0.4, 0.5) is 0 Å². The maximum atomic E-state index is 5.76. The number of rotatable bonds is 4. The van der Waals surface area contributed by atoms with Crippen LogP contribution in [-0.4, -0.2) is 24.7 Å². The molecule has 106 valence electrons. The molecular formula is C16H20N2OS. The van der Waals surface area contributed by atoms with E-state index in [2.05, 4.69) is 40.8 Å². The third kappa shape index (κ3) is 2.72. The van der Waals surface area contributed by atoms with Gasteiger partial charge >= 0.3 is 0 Å². The minimum Gasteiger partial charge on any atom is -0.493 e. The molecule has 2 unspecified atom stereocenters. The summed E-state index contributed by atoms with van der Waals surface area (Å²) in [6.07, 6.45) is 2.03. The van der Waals surface area contributed by atoms with Gasteiger partial charge in [-0.15, -0.1) is 11.3 Å². The fourth-order valence-corrected chi connectivity index (χ4v) is 3.59. The summed E-state index contributed by atoms with van der Waals surface area (Å²) in [6.45, 7) is 2.86. The van der Waals surface area contributed by atoms with Gasteiger partial charge in [-0.2, -0.15) is 0 Å². The van der Waals surface area contributed by atoms with Crippen LogP contribution >= 0.6 is 11.3 Å². The lowest BCUT2D eigenvalue weighted by Gasteiger charge is -2.32. The van der Waals surface area contributed by atoms with Crippen molar-refractivity contribution in [1.82, 2.24) is 10.3 Å². The third-order valence-electron chi connectivity index (χ3n) is 3.96. The Bertz CT molecular complexity index is 581. The number of aryl methyl sites for hydroxylation is 1. The van der Waals surface area contributed by atoms with Crippen LogP contribution in [0.1, 0.15) is 28.6 Å². The Hall–Kier alpha value is -1.39. The summed E-state index contributed by atoms with van der Waals surface area (Å²) in [6, 6.07) is 8.80. The quantitative estimate of drug-likeness (QED) is 0.938. The van der Waals surface area contributed by atoms with Gasteiger partial charge in [-0.3, -0.25) is 0 Å². The van der Waals surface area contributed by atoms with E-state index in [4.69, 9.17) is 4.74 Å². The molecule has 2 heterocycles. The number of aromatic nitrogens is 1. The molecule has 3 nitrogen and oxygen atoms in total. The first kappa shape index (κ1) is 13.6. The number of thiazole rings is 1. The molecule has 1 aromatic carbocycles. The predicted octanol–water partition coefficient (Wildman–Crippen LogP) is 3.15. The molecular weight excluding hydrogens is 268 g/mol. The van der Waals surface area contributed by atoms with Gasteiger partial charge in [-0.25, -0.2) is 4.98 Å². The topological polar surface area (TPSA) is 34.2 Å². The summed E-state index contributed by atoms with van der Waals surface area (Å²) in [5.74, 6) is 1.53. The number of nitrogens with one attached hydrogen (secondary N) is 1. The number of likely N-dealkylation sites (N-methyl/N-ethyl adjacent to an activating group) is 1. The minimum atomic E-state index is 0.404. The highest BCUT2D eigenvalue weighted by Crippen LogP contribution is 2.36. The summed E-state index contributed by atoms with van der Waals surface area (Å²) in [5, 5.41) is 6.79. The normalized spacial score (nSPS) is 19.2. The van der Waals surface area contributed by atoms with Crippen LogP contribution in [0.2, 0.25) is 0 Å². The van der Waals surface area contributed by atoms with Gasteiger partial charge in [0.15, 0.2) is 0 Å². The van der Waals surface area contributed by atoms with E-state index in [-0.39, 0.29) is 0 Å². The standard InChI is InChI=1S/C16H20N2OS/c1-11-18-12(10-20-11)9-15(17-2)13-7-8-19-16-6-4-3-5-14(13)16/h3-6,10,13,15,17H,7-9H2,1-2H3. The lowest BCUT2D eigenvalue weighted by Crippen LogP contribution is -2.36. The van der Waals surface area contributed by atoms with Crippen molar-refractivity contribution >= 4 is 11.3 Å². The van der Waals surface area contributed by atoms with Crippen LogP contribution in [0.25, 0.3) is 0 Å². The first-order chi connectivity index (χ1) is 9.78. The Morgan fingerprint density at radius 3 is 3.05 bits per heavy atom. The summed E-state index contributed by atoms with van der Waals surface area (Å²) < 4.78 is 5.76. The van der Waals surface area contributed by atoms with Gasteiger partial charge in [0, 0.05) is 23.8 Å². The fourth-order valence-electron chi connectivity index (χ4n) is 2.96. The van der Waals surface area contributed by atoms with E-state index in [1.54, 1.807) is 11.3 Å². The summed E-state index contributed by atoms with van der Waals surface area (Å²) >= 11 is 1.73. The molecule has 0 aliphatic carbocycles. The van der Waals surface area contributed by atoms with Crippen molar-refractivity contribution in [3.8, 4) is 5.75 Å². The molecule has 1 N–H and O–H groups in total. The van der Waals surface area contributed by atoms with Gasteiger partial charge in [0.25, 0.3) is 0 Å². The van der Waals surface area contributed by atoms with E-state index >= 15 is 0 Å². The predicted molar refractivity (Wildman–Crippen MR) is 82.7 cm³/mol. The zero-order chi connectivity index (χ0) is 13.9. The highest BCUT2D eigenvalue weighted by Gasteiger charge is 2.28. The van der Waals surface area contributed by atoms with Crippen LogP contribution in [0.5, 0.6) is 5.75 Å². The molecule has 0 saturated carbocycles. The first-order valence-corrected chi connectivity index (χ1v) is 7.96. The number of benzene rings is 1. The average molecular weight is 288 g/mol. The second-order valence-electron chi connectivity index (χ2n) is 5.24. The Balaban J connectivity index is 1.83. The molecule has 0 bridgehead atoms. The van der Waals surface area contributed by atoms with Gasteiger partial charge in [-0.1, -0.05) is 18.2 Å². The number of hydrogen-bond donors (Lipinski definition) is 1. The van der Waals surface area contributed by atoms with Gasteiger partial charge < -0.3 is 10.1 Å². The fraction of sp³-hybridized carbons (Fsp3) is 0.438. The molecule has 0 saturated heterocycles. The lowest BCUT2D eigenvalue weighted by atomic mass is 9.84. The highest BCUT2D eigenvalue weighted by molar-refractivity contribution is 7.09. The van der Waals surface area contributed by atoms with Gasteiger partial charge in [0.1, 0.15) is 5.75 Å². The van der Waals surface area contributed by atoms with E-state index < -0.39 is 0 Å². The summed E-state index contributed by atoms with van der Waals surface area (Å²) in [5.41, 5.74) is 2.51. The van der Waals surface area contributed by atoms with Crippen molar-refractivity contribution in [2.24, 2.45) is 0 Å². The number of para-hydroxylation sites is 1. The van der Waals surface area contributed by atoms with Crippen molar-refractivity contribution in [2.45, 2.75) is 31.7 Å². The molecule has 1 aliphatic heterocycles. The van der Waals surface area contributed by atoms with Crippen molar-refractivity contribution in [2.75, 3.05) is 13.7 Å². The zero-order valence-electron chi connectivity index (χ0n) is 11.9. The molecule has 0 fully saturated rings. The Morgan fingerprint density at radius 2 is 2.30 bits per heavy atom. The van der Waals surface area contributed by atoms with E-state index in [9.17, 15) is 0 Å². The Morgan fingerprint density at radius 1 is 1.45 bits per heavy atom. The van der Waals surface area contributed by atoms with Crippen LogP contribution in [0.15, 0.2) is 29.6 Å². The van der Waals surface area contributed by atoms with E-state index in [1.165, 1.54) is 11.3 Å². The Labute approximate surface area is 124 Å². The van der Waals surface area contributed by atoms with E-state index in [0.29, 0.717) is 12.0 Å². The largest absolute Gasteiger partial charge is 0.493 e. The zero-order valence-corrected chi connectivity index (χ0v) is 12.7. The number of nitrogens with zero attached hydrogens (tertiary/aromatic N) is 1. The molecule has 0 spiro atoms. The summed E-state index contributed by atoms with van der Waals surface area (Å²) in [4.78, 5) is 4.60. The van der Waals surface area contributed by atoms with Gasteiger partial charge in [0.2, 0.25) is 0 Å². The maximum Gasteiger partial charge on any atom is 0.122 e. The van der Waals surface area contributed by atoms with Crippen molar-refractivity contribution in [3.63, 3.8) is 0 Å². The first-order valence-electron chi connectivity index (χ1n) is 7.08. The average Bonchev–Trinajstić information content (AvgIpc) is 2.89. The number of ether oxygens (including phenoxy) is 1. The van der Waals surface area contributed by atoms with E-state index in [0.717, 1.165) is 30.2 Å². The van der Waals surface area contributed by atoms with Gasteiger partial charge in [-0.05, 0) is 32.0 Å². The third-order valence-corrected chi connectivity index (χ3v) is 4.78. The minimum absolute atomic E-state index is 0.404. The van der Waals surface area contributed by atoms with Crippen LogP contribution < -0.4 is 10.1 Å². The van der Waals surface area contributed by atoms with E-state index in [1.807, 2.05) is 13.1 Å². The molecule has 20 heavy (non-hydrogen) atoms. The highest BCUT2D eigenvalue weighted by atomic mass is 32.1. The van der Waals surface area contributed by atoms with Crippen LogP contribution in [-0.2, 0) is 6.42 Å². The molecule has 4 heteroatoms. The smallest absolute Gasteiger partial charge is 0.122 e. The van der Waals surface area contributed by atoms with Crippen molar-refractivity contribution in [3.05, 3.63) is 45.9 Å². The maximum absolute atomic E-state index is 5.76. The molecule has 0 radical (unpaired) electrons. The number of fused-ring (bicyclic) bond motifs is 1. The second-order valence-corrected chi connectivity index (χ2v) is 6.30. The number of hydrogen-bond acceptors (Lipinski definition) is 4. The monoisotopic (exact) mass is 288 g/mol. The SMILES string of the molecule is CNC(Cc1csc(C)n1)C1CCOc2ccccc21. The molecule has 1 aliphatic rings. The second kappa shape index (κ2) is 5.94. The molecule has 0 amide bonds. The summed E-state index contributed by atoms with van der Waals surface area (Å²) in [7, 11) is 2.04. The molecule has 3 rings (SSSR count). The van der Waals surface area contributed by atoms with Gasteiger partial charge in [0.05, 0.1) is 17.3 Å². The molecule has 2 atom stereocenters. The Kier molecular flexibility index (Phi) is 4.03. The van der Waals surface area contributed by atoms with Crippen molar-refractivity contribution in [1.29, 1.82) is 0 Å².